The normalized spacial score (nSPS) is 21.4. The lowest BCUT2D eigenvalue weighted by Crippen LogP contribution is -2.64. The van der Waals surface area contributed by atoms with Gasteiger partial charge in [-0.15, -0.1) is 0 Å². The molecule has 1 aliphatic carbocycles. The molecule has 12 nitrogen and oxygen atoms in total. The Balaban J connectivity index is 2.34. The van der Waals surface area contributed by atoms with E-state index in [0.717, 1.165) is 122 Å². The molecule has 6 N–H and O–H groups in total. The number of phosphoric ester groups is 1. The maximum absolute atomic E-state index is 12.9. The minimum atomic E-state index is -5.04. The van der Waals surface area contributed by atoms with Gasteiger partial charge in [-0.25, -0.2) is 4.57 Å². The molecular formula is C59H101O12P. The topological polar surface area (TPSA) is 192 Å². The van der Waals surface area contributed by atoms with Crippen molar-refractivity contribution in [1.82, 2.24) is 0 Å². The molecule has 0 radical (unpaired) electrons. The maximum atomic E-state index is 12.9. The van der Waals surface area contributed by atoms with Crippen molar-refractivity contribution in [3.8, 4) is 0 Å². The second-order valence-electron chi connectivity index (χ2n) is 19.0. The first-order valence-electron chi connectivity index (χ1n) is 28.1. The van der Waals surface area contributed by atoms with Crippen LogP contribution < -0.4 is 0 Å². The minimum absolute atomic E-state index is 0.0959. The van der Waals surface area contributed by atoms with Crippen LogP contribution in [0.15, 0.2) is 97.2 Å². The first-order valence-corrected chi connectivity index (χ1v) is 29.6. The van der Waals surface area contributed by atoms with Gasteiger partial charge in [-0.05, 0) is 96.3 Å². The number of aliphatic hydroxyl groups is 5. The fraction of sp³-hybridized carbons (Fsp3) is 0.712. The third-order valence-corrected chi connectivity index (χ3v) is 13.4. The average molecular weight is 1030 g/mol. The number of unbranched alkanes of at least 4 members (excludes halogenated alkanes) is 19. The first kappa shape index (κ1) is 67.3. The summed E-state index contributed by atoms with van der Waals surface area (Å²) >= 11 is 0. The number of allylic oxidation sites excluding steroid dienone is 16. The number of esters is 1. The maximum Gasteiger partial charge on any atom is 0.472 e. The lowest BCUT2D eigenvalue weighted by molar-refractivity contribution is -0.220. The van der Waals surface area contributed by atoms with Gasteiger partial charge in [0.2, 0.25) is 0 Å². The highest BCUT2D eigenvalue weighted by Gasteiger charge is 2.51. The van der Waals surface area contributed by atoms with Crippen molar-refractivity contribution in [2.75, 3.05) is 19.8 Å². The Morgan fingerprint density at radius 2 is 0.819 bits per heavy atom. The van der Waals surface area contributed by atoms with Gasteiger partial charge in [-0.1, -0.05) is 201 Å². The summed E-state index contributed by atoms with van der Waals surface area (Å²) in [6.07, 6.45) is 54.6. The highest BCUT2D eigenvalue weighted by atomic mass is 31.2. The zero-order valence-corrected chi connectivity index (χ0v) is 45.6. The van der Waals surface area contributed by atoms with E-state index in [1.165, 1.54) is 57.8 Å². The van der Waals surface area contributed by atoms with Gasteiger partial charge in [0.15, 0.2) is 0 Å². The van der Waals surface area contributed by atoms with Crippen LogP contribution >= 0.6 is 7.82 Å². The number of aliphatic hydroxyl groups excluding tert-OH is 5. The van der Waals surface area contributed by atoms with Gasteiger partial charge in [-0.3, -0.25) is 13.8 Å². The van der Waals surface area contributed by atoms with Crippen molar-refractivity contribution in [3.63, 3.8) is 0 Å². The van der Waals surface area contributed by atoms with Crippen LogP contribution in [-0.2, 0) is 27.9 Å². The Hall–Kier alpha value is -2.74. The summed E-state index contributed by atoms with van der Waals surface area (Å²) in [5.41, 5.74) is 0. The Kier molecular flexibility index (Phi) is 44.8. The molecule has 0 aromatic heterocycles. The molecule has 0 heterocycles. The summed E-state index contributed by atoms with van der Waals surface area (Å²) in [5, 5.41) is 50.4. The van der Waals surface area contributed by atoms with Gasteiger partial charge in [-0.2, -0.15) is 0 Å². The van der Waals surface area contributed by atoms with Crippen LogP contribution in [0.3, 0.4) is 0 Å². The standard InChI is InChI=1S/C59H101O12P/c1-3-5-7-9-11-13-15-17-19-21-23-25-27-28-30-32-34-36-38-40-42-44-46-48-53(60)70-52(51-69-72(66,67)71-59-57(64)55(62)54(61)56(63)58(59)65)50-68-49-47-45-43-41-39-37-35-33-31-29-26-24-22-20-18-16-14-12-10-8-6-4-2/h6,8,12,14-15,17-18,20-21,23-24,26-28,31,33,52,54-59,61-65H,3-5,7,9-11,13,16,19,22,25,29-30,32,34-51H2,1-2H3,(H,66,67)/b8-6-,14-12-,17-15-,20-18-,23-21-,26-24-,28-27-,33-31-. The second kappa shape index (κ2) is 47.9. The van der Waals surface area contributed by atoms with Crippen LogP contribution in [-0.4, -0.2) is 98.9 Å². The number of carbonyl (C=O) groups excluding carboxylic acids is 1. The largest absolute Gasteiger partial charge is 0.472 e. The molecule has 1 fully saturated rings. The Bertz CT molecular complexity index is 1550. The van der Waals surface area contributed by atoms with E-state index in [0.29, 0.717) is 13.0 Å². The van der Waals surface area contributed by atoms with Gasteiger partial charge >= 0.3 is 13.8 Å². The van der Waals surface area contributed by atoms with E-state index < -0.39 is 63.1 Å². The zero-order valence-electron chi connectivity index (χ0n) is 44.7. The van der Waals surface area contributed by atoms with Crippen molar-refractivity contribution in [2.24, 2.45) is 0 Å². The van der Waals surface area contributed by atoms with Gasteiger partial charge < -0.3 is 39.9 Å². The number of rotatable bonds is 47. The fourth-order valence-corrected chi connectivity index (χ4v) is 9.01. The first-order chi connectivity index (χ1) is 35.0. The van der Waals surface area contributed by atoms with E-state index in [-0.39, 0.29) is 13.0 Å². The van der Waals surface area contributed by atoms with Crippen molar-refractivity contribution in [1.29, 1.82) is 0 Å². The number of hydrogen-bond donors (Lipinski definition) is 6. The van der Waals surface area contributed by atoms with Gasteiger partial charge in [0.25, 0.3) is 0 Å². The van der Waals surface area contributed by atoms with Crippen LogP contribution in [0.4, 0.5) is 0 Å². The van der Waals surface area contributed by atoms with Gasteiger partial charge in [0, 0.05) is 13.0 Å². The van der Waals surface area contributed by atoms with E-state index in [1.54, 1.807) is 0 Å². The zero-order chi connectivity index (χ0) is 52.6. The van der Waals surface area contributed by atoms with E-state index in [9.17, 15) is 39.8 Å². The molecule has 0 bridgehead atoms. The van der Waals surface area contributed by atoms with Crippen LogP contribution in [0, 0.1) is 0 Å². The molecule has 1 saturated carbocycles. The van der Waals surface area contributed by atoms with Gasteiger partial charge in [0.1, 0.15) is 42.7 Å². The van der Waals surface area contributed by atoms with E-state index in [2.05, 4.69) is 111 Å². The van der Waals surface area contributed by atoms with E-state index in [4.69, 9.17) is 18.5 Å². The van der Waals surface area contributed by atoms with Crippen LogP contribution in [0.1, 0.15) is 206 Å². The lowest BCUT2D eigenvalue weighted by atomic mass is 9.85. The molecule has 0 aromatic rings. The molecule has 1 rings (SSSR count). The Labute approximate surface area is 436 Å². The molecule has 6 unspecified atom stereocenters. The SMILES string of the molecule is CC/C=C\C/C=C\C/C=C\C/C=C\C/C=C\CCCCCCCCOCC(COP(=O)(O)OC1C(O)C(O)C(O)C(O)C1O)OC(=O)CCCCCCCCCC/C=C\C/C=C\C/C=C\CCCCCCC. The third kappa shape index (κ3) is 38.8. The molecule has 1 aliphatic rings. The molecule has 0 saturated heterocycles. The minimum Gasteiger partial charge on any atom is -0.457 e. The molecule has 0 spiro atoms. The molecule has 72 heavy (non-hydrogen) atoms. The third-order valence-electron chi connectivity index (χ3n) is 12.4. The average Bonchev–Trinajstić information content (AvgIpc) is 3.37. The van der Waals surface area contributed by atoms with Crippen LogP contribution in [0.25, 0.3) is 0 Å². The summed E-state index contributed by atoms with van der Waals surface area (Å²) in [4.78, 5) is 23.3. The summed E-state index contributed by atoms with van der Waals surface area (Å²) in [5.74, 6) is -0.493. The van der Waals surface area contributed by atoms with Crippen LogP contribution in [0.5, 0.6) is 0 Å². The fourth-order valence-electron chi connectivity index (χ4n) is 8.04. The lowest BCUT2D eigenvalue weighted by Gasteiger charge is -2.41. The van der Waals surface area contributed by atoms with Crippen molar-refractivity contribution in [3.05, 3.63) is 97.2 Å². The number of phosphoric acid groups is 1. The molecule has 0 aromatic carbocycles. The summed E-state index contributed by atoms with van der Waals surface area (Å²) in [7, 11) is -5.04. The smallest absolute Gasteiger partial charge is 0.457 e. The second-order valence-corrected chi connectivity index (χ2v) is 20.5. The molecular weight excluding hydrogens is 932 g/mol. The summed E-state index contributed by atoms with van der Waals surface area (Å²) in [6.45, 7) is 4.10. The number of ether oxygens (including phenoxy) is 2. The number of hydrogen-bond acceptors (Lipinski definition) is 11. The summed E-state index contributed by atoms with van der Waals surface area (Å²) < 4.78 is 34.4. The number of carbonyl (C=O) groups is 1. The highest BCUT2D eigenvalue weighted by molar-refractivity contribution is 7.47. The molecule has 13 heteroatoms. The van der Waals surface area contributed by atoms with E-state index in [1.807, 2.05) is 0 Å². The molecule has 0 amide bonds. The van der Waals surface area contributed by atoms with Crippen molar-refractivity contribution < 1.29 is 58.3 Å². The predicted octanol–water partition coefficient (Wildman–Crippen LogP) is 13.4. The van der Waals surface area contributed by atoms with Crippen LogP contribution in [0.2, 0.25) is 0 Å². The van der Waals surface area contributed by atoms with E-state index >= 15 is 0 Å². The quantitative estimate of drug-likeness (QED) is 0.0146. The Morgan fingerprint density at radius 1 is 0.458 bits per heavy atom. The molecule has 6 atom stereocenters. The van der Waals surface area contributed by atoms with Gasteiger partial charge in [0.05, 0.1) is 13.2 Å². The monoisotopic (exact) mass is 1030 g/mol. The predicted molar refractivity (Wildman–Crippen MR) is 294 cm³/mol. The summed E-state index contributed by atoms with van der Waals surface area (Å²) in [6, 6.07) is 0. The Morgan fingerprint density at radius 3 is 1.25 bits per heavy atom. The molecule has 0 aliphatic heterocycles. The highest BCUT2D eigenvalue weighted by Crippen LogP contribution is 2.47. The van der Waals surface area contributed by atoms with Crippen molar-refractivity contribution >= 4 is 13.8 Å². The molecule has 414 valence electrons. The van der Waals surface area contributed by atoms with Crippen molar-refractivity contribution in [2.45, 2.75) is 249 Å².